The fourth-order valence-electron chi connectivity index (χ4n) is 1.05. The fourth-order valence-corrected chi connectivity index (χ4v) is 1.05. The van der Waals surface area contributed by atoms with E-state index in [1.54, 1.807) is 0 Å². The van der Waals surface area contributed by atoms with Gasteiger partial charge in [-0.1, -0.05) is 24.6 Å². The van der Waals surface area contributed by atoms with Crippen LogP contribution in [0.1, 0.15) is 33.6 Å². The van der Waals surface area contributed by atoms with Gasteiger partial charge in [0, 0.05) is 6.08 Å². The van der Waals surface area contributed by atoms with Crippen molar-refractivity contribution >= 4 is 5.97 Å². The third-order valence-electron chi connectivity index (χ3n) is 2.06. The molecule has 0 amide bonds. The van der Waals surface area contributed by atoms with E-state index in [1.165, 1.54) is 18.8 Å². The first-order chi connectivity index (χ1) is 6.60. The predicted octanol–water partition coefficient (Wildman–Crippen LogP) is 3.10. The quantitative estimate of drug-likeness (QED) is 0.383. The molecule has 2 heteroatoms. The number of methoxy groups -OCH3 is 1. The average molecular weight is 196 g/mol. The fraction of sp³-hybridized carbons (Fsp3) is 0.583. The molecule has 0 aliphatic rings. The maximum Gasteiger partial charge on any atom is 0.330 e. The molecule has 0 aromatic carbocycles. The molecule has 0 aromatic rings. The first-order valence-electron chi connectivity index (χ1n) is 4.99. The van der Waals surface area contributed by atoms with Crippen LogP contribution in [0.4, 0.5) is 0 Å². The number of ether oxygens (including phenoxy) is 1. The van der Waals surface area contributed by atoms with Crippen molar-refractivity contribution in [1.82, 2.24) is 0 Å². The van der Waals surface area contributed by atoms with Gasteiger partial charge in [0.15, 0.2) is 0 Å². The molecule has 0 spiro atoms. The van der Waals surface area contributed by atoms with Gasteiger partial charge in [0.25, 0.3) is 0 Å². The Kier molecular flexibility index (Phi) is 6.81. The molecular formula is C12H20O2. The molecule has 2 nitrogen and oxygen atoms in total. The molecule has 1 atom stereocenters. The summed E-state index contributed by atoms with van der Waals surface area (Å²) >= 11 is 0. The SMILES string of the molecule is CCC(/C=C/C(=O)OC)CC=C(C)C. The molecule has 0 bridgehead atoms. The smallest absolute Gasteiger partial charge is 0.330 e. The topological polar surface area (TPSA) is 26.3 Å². The summed E-state index contributed by atoms with van der Waals surface area (Å²) in [6.45, 7) is 6.28. The second-order valence-electron chi connectivity index (χ2n) is 3.57. The van der Waals surface area contributed by atoms with Crippen LogP contribution in [0.25, 0.3) is 0 Å². The molecule has 80 valence electrons. The number of allylic oxidation sites excluding steroid dienone is 3. The Bertz CT molecular complexity index is 222. The number of rotatable bonds is 5. The van der Waals surface area contributed by atoms with Crippen molar-refractivity contribution in [1.29, 1.82) is 0 Å². The van der Waals surface area contributed by atoms with Crippen LogP contribution < -0.4 is 0 Å². The van der Waals surface area contributed by atoms with Gasteiger partial charge in [0.05, 0.1) is 7.11 Å². The Hall–Kier alpha value is -1.05. The molecule has 0 saturated carbocycles. The highest BCUT2D eigenvalue weighted by Gasteiger charge is 2.00. The van der Waals surface area contributed by atoms with Crippen LogP contribution in [0.5, 0.6) is 0 Å². The summed E-state index contributed by atoms with van der Waals surface area (Å²) in [6.07, 6.45) is 7.65. The van der Waals surface area contributed by atoms with E-state index in [0.717, 1.165) is 12.8 Å². The Morgan fingerprint density at radius 2 is 2.07 bits per heavy atom. The van der Waals surface area contributed by atoms with Crippen molar-refractivity contribution in [3.05, 3.63) is 23.8 Å². The number of hydrogen-bond acceptors (Lipinski definition) is 2. The molecule has 0 aliphatic heterocycles. The van der Waals surface area contributed by atoms with Gasteiger partial charge in [-0.25, -0.2) is 4.79 Å². The molecule has 0 heterocycles. The molecule has 0 aliphatic carbocycles. The summed E-state index contributed by atoms with van der Waals surface area (Å²) < 4.78 is 4.53. The lowest BCUT2D eigenvalue weighted by atomic mass is 10.0. The van der Waals surface area contributed by atoms with Crippen molar-refractivity contribution in [2.75, 3.05) is 7.11 Å². The second-order valence-corrected chi connectivity index (χ2v) is 3.57. The summed E-state index contributed by atoms with van der Waals surface area (Å²) in [5.41, 5.74) is 1.31. The molecule has 0 N–H and O–H groups in total. The standard InChI is InChI=1S/C12H20O2/c1-5-11(7-6-10(2)3)8-9-12(13)14-4/h6,8-9,11H,5,7H2,1-4H3/b9-8+. The predicted molar refractivity (Wildman–Crippen MR) is 59.0 cm³/mol. The van der Waals surface area contributed by atoms with Crippen molar-refractivity contribution in [3.8, 4) is 0 Å². The molecule has 0 radical (unpaired) electrons. The van der Waals surface area contributed by atoms with Crippen LogP contribution in [0.15, 0.2) is 23.8 Å². The first kappa shape index (κ1) is 12.9. The van der Waals surface area contributed by atoms with E-state index >= 15 is 0 Å². The molecule has 14 heavy (non-hydrogen) atoms. The first-order valence-corrected chi connectivity index (χ1v) is 4.99. The van der Waals surface area contributed by atoms with Crippen molar-refractivity contribution < 1.29 is 9.53 Å². The van der Waals surface area contributed by atoms with Crippen LogP contribution in [-0.2, 0) is 9.53 Å². The Morgan fingerprint density at radius 3 is 2.50 bits per heavy atom. The largest absolute Gasteiger partial charge is 0.466 e. The number of esters is 1. The third-order valence-corrected chi connectivity index (χ3v) is 2.06. The zero-order valence-electron chi connectivity index (χ0n) is 9.54. The lowest BCUT2D eigenvalue weighted by Crippen LogP contribution is -1.98. The molecule has 0 aromatic heterocycles. The van der Waals surface area contributed by atoms with E-state index in [2.05, 4.69) is 31.6 Å². The molecule has 0 saturated heterocycles. The summed E-state index contributed by atoms with van der Waals surface area (Å²) in [7, 11) is 1.39. The summed E-state index contributed by atoms with van der Waals surface area (Å²) in [5.74, 6) is 0.157. The van der Waals surface area contributed by atoms with Gasteiger partial charge in [-0.3, -0.25) is 0 Å². The minimum absolute atomic E-state index is 0.277. The van der Waals surface area contributed by atoms with Gasteiger partial charge in [0.1, 0.15) is 0 Å². The Morgan fingerprint density at radius 1 is 1.43 bits per heavy atom. The average Bonchev–Trinajstić information content (AvgIpc) is 2.17. The van der Waals surface area contributed by atoms with Crippen LogP contribution in [0.3, 0.4) is 0 Å². The lowest BCUT2D eigenvalue weighted by molar-refractivity contribution is -0.134. The van der Waals surface area contributed by atoms with Crippen molar-refractivity contribution in [2.45, 2.75) is 33.6 Å². The van der Waals surface area contributed by atoms with Gasteiger partial charge in [-0.2, -0.15) is 0 Å². The minimum Gasteiger partial charge on any atom is -0.466 e. The number of hydrogen-bond donors (Lipinski definition) is 0. The van der Waals surface area contributed by atoms with Crippen LogP contribution in [0.2, 0.25) is 0 Å². The van der Waals surface area contributed by atoms with Gasteiger partial charge < -0.3 is 4.74 Å². The van der Waals surface area contributed by atoms with E-state index in [-0.39, 0.29) is 5.97 Å². The van der Waals surface area contributed by atoms with E-state index in [0.29, 0.717) is 5.92 Å². The highest BCUT2D eigenvalue weighted by atomic mass is 16.5. The number of carbonyl (C=O) groups excluding carboxylic acids is 1. The summed E-state index contributed by atoms with van der Waals surface area (Å²) in [5, 5.41) is 0. The van der Waals surface area contributed by atoms with Gasteiger partial charge in [-0.15, -0.1) is 0 Å². The maximum absolute atomic E-state index is 10.8. The zero-order chi connectivity index (χ0) is 11.0. The van der Waals surface area contributed by atoms with Gasteiger partial charge >= 0.3 is 5.97 Å². The second kappa shape index (κ2) is 7.36. The third kappa shape index (κ3) is 6.46. The molecule has 1 unspecified atom stereocenters. The van der Waals surface area contributed by atoms with E-state index < -0.39 is 0 Å². The summed E-state index contributed by atoms with van der Waals surface area (Å²) in [6, 6.07) is 0. The molecule has 0 fully saturated rings. The highest BCUT2D eigenvalue weighted by Crippen LogP contribution is 2.12. The molecule has 0 rings (SSSR count). The van der Waals surface area contributed by atoms with Crippen LogP contribution >= 0.6 is 0 Å². The number of carbonyl (C=O) groups is 1. The zero-order valence-corrected chi connectivity index (χ0v) is 9.54. The Labute approximate surface area is 86.6 Å². The molecular weight excluding hydrogens is 176 g/mol. The van der Waals surface area contributed by atoms with E-state index in [9.17, 15) is 4.79 Å². The normalized spacial score (nSPS) is 12.6. The summed E-state index contributed by atoms with van der Waals surface area (Å²) in [4.78, 5) is 10.8. The monoisotopic (exact) mass is 196 g/mol. The maximum atomic E-state index is 10.8. The van der Waals surface area contributed by atoms with Gasteiger partial charge in [0.2, 0.25) is 0 Å². The van der Waals surface area contributed by atoms with Gasteiger partial charge in [-0.05, 0) is 32.6 Å². The Balaban J connectivity index is 4.09. The highest BCUT2D eigenvalue weighted by molar-refractivity contribution is 5.81. The van der Waals surface area contributed by atoms with Crippen LogP contribution in [0, 0.1) is 5.92 Å². The van der Waals surface area contributed by atoms with Crippen molar-refractivity contribution in [3.63, 3.8) is 0 Å². The van der Waals surface area contributed by atoms with Crippen LogP contribution in [-0.4, -0.2) is 13.1 Å². The lowest BCUT2D eigenvalue weighted by Gasteiger charge is -2.06. The van der Waals surface area contributed by atoms with Crippen molar-refractivity contribution in [2.24, 2.45) is 5.92 Å². The minimum atomic E-state index is -0.277. The van der Waals surface area contributed by atoms with E-state index in [1.807, 2.05) is 6.08 Å². The van der Waals surface area contributed by atoms with E-state index in [4.69, 9.17) is 0 Å².